The van der Waals surface area contributed by atoms with Crippen molar-refractivity contribution in [1.82, 2.24) is 42.5 Å². The average Bonchev–Trinajstić information content (AvgIpc) is 0.752. The highest BCUT2D eigenvalue weighted by Crippen LogP contribution is 2.51. The van der Waals surface area contributed by atoms with Gasteiger partial charge >= 0.3 is 11.9 Å². The summed E-state index contributed by atoms with van der Waals surface area (Å²) in [5.74, 6) is -21.8. The molecule has 0 aromatic heterocycles. The average molecular weight is 1990 g/mol. The monoisotopic (exact) mass is 1980 g/mol. The van der Waals surface area contributed by atoms with E-state index in [1.807, 2.05) is 6.92 Å². The zero-order chi connectivity index (χ0) is 97.5. The Kier molecular flexibility index (Phi) is 31.2. The Morgan fingerprint density at radius 2 is 1.10 bits per heavy atom. The summed E-state index contributed by atoms with van der Waals surface area (Å²) in [5.41, 5.74) is -5.49. The molecule has 3 fully saturated rings. The molecule has 0 spiro atoms. The lowest BCUT2D eigenvalue weighted by Gasteiger charge is -2.43. The van der Waals surface area contributed by atoms with Crippen molar-refractivity contribution < 1.29 is 173 Å². The predicted octanol–water partition coefficient (Wildman–Crippen LogP) is 1.22. The van der Waals surface area contributed by atoms with Gasteiger partial charge in [-0.3, -0.25) is 33.6 Å². The van der Waals surface area contributed by atoms with Crippen LogP contribution in [0.5, 0.6) is 51.7 Å². The number of unbranched alkanes of at least 4 members (excludes halogenated alkanes) is 6. The Hall–Kier alpha value is -10.8. The van der Waals surface area contributed by atoms with Crippen LogP contribution in [0.25, 0.3) is 11.1 Å². The van der Waals surface area contributed by atoms with E-state index in [9.17, 15) is 106 Å². The Morgan fingerprint density at radius 3 is 1.76 bits per heavy atom. The van der Waals surface area contributed by atoms with Gasteiger partial charge in [0.15, 0.2) is 54.2 Å². The molecular formula is C87H93Cl5N8O35. The molecule has 3 unspecified atom stereocenters. The van der Waals surface area contributed by atoms with Gasteiger partial charge in [0.05, 0.1) is 38.3 Å². The fourth-order valence-electron chi connectivity index (χ4n) is 16.9. The minimum Gasteiger partial charge on any atom is -0.508 e. The van der Waals surface area contributed by atoms with Gasteiger partial charge in [0, 0.05) is 40.8 Å². The molecule has 43 nitrogen and oxygen atoms in total. The molecule has 1 aliphatic carbocycles. The summed E-state index contributed by atoms with van der Waals surface area (Å²) in [6.07, 6.45) is -33.9. The van der Waals surface area contributed by atoms with Crippen molar-refractivity contribution in [2.24, 2.45) is 0 Å². The highest BCUT2D eigenvalue weighted by molar-refractivity contribution is 6.37. The number of likely N-dealkylation sites (N-methyl/N-ethyl adjacent to an activating group) is 1. The fraction of sp³-hybridized carbons (Fsp3) is 0.437. The first-order valence-corrected chi connectivity index (χ1v) is 44.1. The number of benzene rings is 6. The number of phenols is 4. The number of nitrogens with one attached hydrogen (secondary N) is 8. The van der Waals surface area contributed by atoms with Crippen molar-refractivity contribution in [3.8, 4) is 62.9 Å². The molecule has 17 bridgehead atoms. The van der Waals surface area contributed by atoms with Crippen LogP contribution in [-0.4, -0.2) is 283 Å². The van der Waals surface area contributed by atoms with Gasteiger partial charge in [0.25, 0.3) is 0 Å². The van der Waals surface area contributed by atoms with E-state index >= 15 is 24.0 Å². The lowest BCUT2D eigenvalue weighted by atomic mass is 9.89. The van der Waals surface area contributed by atoms with Crippen LogP contribution >= 0.6 is 58.0 Å². The lowest BCUT2D eigenvalue weighted by Crippen LogP contribution is -2.66. The Balaban J connectivity index is 1.04. The molecular weight excluding hydrogens is 1890 g/mol. The number of rotatable bonds is 20. The van der Waals surface area contributed by atoms with E-state index in [4.69, 9.17) is 101 Å². The van der Waals surface area contributed by atoms with Crippen molar-refractivity contribution in [3.63, 3.8) is 0 Å². The summed E-state index contributed by atoms with van der Waals surface area (Å²) in [5, 5.41) is 211. The molecule has 10 aliphatic rings. The first-order chi connectivity index (χ1) is 64.2. The largest absolute Gasteiger partial charge is 0.508 e. The predicted molar refractivity (Wildman–Crippen MR) is 463 cm³/mol. The number of carboxylic acid groups (broad SMARTS) is 2. The van der Waals surface area contributed by atoms with Gasteiger partial charge < -0.3 is 172 Å². The number of phenolic OH excluding ortho intramolecular Hbond substituents is 4. The first kappa shape index (κ1) is 100. The van der Waals surface area contributed by atoms with Crippen LogP contribution in [-0.2, 0) is 66.8 Å². The number of amides is 7. The summed E-state index contributed by atoms with van der Waals surface area (Å²) < 4.78 is 56.6. The first-order valence-electron chi connectivity index (χ1n) is 42.2. The SMILES string of the molecule is CCCCCCCCCC(=O)N[C@H]1[C@H](O[C@H]2c3cc(Cl)c(c(Cl)c3)OC3C=C4C=C(Oc5ccc(cc5Cl)[C@@H](O)[C@H]5NC(=O)[C@H](NC)c6ccc(O)c(c6)Oc6cc(O)c(Cl)c(c6)[C@@H](NC5=O)C(=O)N[C@H]4C(=O)N[C@@H]4C(=O)N[C@@H]2C(=O)NC(C(=O)O)c2cc(O)cc(O)c2-c2cc4cc(Cl)c2O[C@@H]2O[C@@H](CO)[C@H](O)[C@@H](O)[C@H]2O)C3O[C@@H]2O[C@@H](CO)[C@H](O)[C@@H](O)[C@H]2O)O[C@H](C(=O)O)[C@@H](O)[C@@H]1O. The smallest absolute Gasteiger partial charge is 0.335 e. The molecule has 6 aromatic carbocycles. The third-order valence-corrected chi connectivity index (χ3v) is 25.5. The second kappa shape index (κ2) is 42.0. The Bertz CT molecular complexity index is 5620. The number of carbonyl (C=O) groups is 9. The highest BCUT2D eigenvalue weighted by Gasteiger charge is 2.55. The Labute approximate surface area is 789 Å². The number of carboxylic acids is 2. The quantitative estimate of drug-likeness (QED) is 0.0478. The number of carbonyl (C=O) groups excluding carboxylic acids is 7. The van der Waals surface area contributed by atoms with Crippen LogP contribution in [0.3, 0.4) is 0 Å². The van der Waals surface area contributed by atoms with Gasteiger partial charge in [-0.25, -0.2) is 9.59 Å². The molecule has 9 aliphatic heterocycles. The summed E-state index contributed by atoms with van der Waals surface area (Å²) in [6, 6.07) is -5.95. The molecule has 9 heterocycles. The molecule has 7 amide bonds. The maximum absolute atomic E-state index is 17.1. The van der Waals surface area contributed by atoms with Crippen LogP contribution in [0, 0.1) is 0 Å². The van der Waals surface area contributed by atoms with Gasteiger partial charge in [0.2, 0.25) is 47.6 Å². The normalized spacial score (nSPS) is 30.8. The fourth-order valence-corrected chi connectivity index (χ4v) is 18.2. The number of aliphatic hydroxyl groups is 11. The molecule has 6 aromatic rings. The number of fused-ring (bicyclic) bond motifs is 14. The maximum Gasteiger partial charge on any atom is 0.335 e. The molecule has 26 atom stereocenters. The summed E-state index contributed by atoms with van der Waals surface area (Å²) in [7, 11) is 1.32. The minimum absolute atomic E-state index is 0.0461. The standard InChI is InChI=1S/C87H93Cl5N8O35/c1-3-4-5-6-7-8-9-10-52(107)94-61-66(111)69(114)76(84(125)126)135-85(61)132-72-33-18-41(90)74(42(91)19-33)129-49-22-32-21-48(75(49)134-87-71(116)68(113)65(110)51(28-102)131-87)128-46-14-12-30(16-39(46)88)63(108)60-81(121)97-58(38-25-35(26-45(106)54(38)92)127-47-20-29(11-13-43(47)104)55(93-2)77(117)99-60)80(120)96-57(32)78(118)95-56-31-15-37(73(40(89)17-31)133-86-70(115)67(112)64(109)50(27-101)130-86)53-36(23-34(103)24-44(53)105)59(83(123)124)98-82(122)62(72)100-79(56)119/h11-26,49-51,55-72,75-76,85-87,93,101-106,108-116H,3-10,27-28H2,1-2H3,(H,94,107)(H,95,118)(H,96,120)(H,97,121)(H,98,122)(H,99,117)(H,100,119)(H,123,124)(H,125,126)/t49?,50-,51-,55+,56-,57+,58+,59?,60+,61+,62-,63+,64-,65-,66+,67+,68+,69-,70+,71+,72-,75?,76-,85+,86-,87-/m0/s1. The zero-order valence-electron chi connectivity index (χ0n) is 70.7. The number of aliphatic hydroxyl groups excluding tert-OH is 11. The van der Waals surface area contributed by atoms with Crippen LogP contribution in [0.1, 0.15) is 128 Å². The number of aliphatic carboxylic acids is 2. The molecule has 16 rings (SSSR count). The van der Waals surface area contributed by atoms with Gasteiger partial charge in [0.1, 0.15) is 156 Å². The van der Waals surface area contributed by atoms with Crippen molar-refractivity contribution in [2.75, 3.05) is 20.3 Å². The third kappa shape index (κ3) is 20.9. The number of aromatic hydroxyl groups is 4. The Morgan fingerprint density at radius 1 is 0.496 bits per heavy atom. The molecule has 726 valence electrons. The number of ether oxygens (including phenoxy) is 9. The van der Waals surface area contributed by atoms with E-state index in [0.717, 1.165) is 98.5 Å². The molecule has 0 saturated carbocycles. The molecule has 135 heavy (non-hydrogen) atoms. The van der Waals surface area contributed by atoms with Crippen molar-refractivity contribution >= 4 is 111 Å². The highest BCUT2D eigenvalue weighted by atomic mass is 35.5. The molecule has 48 heteroatoms. The van der Waals surface area contributed by atoms with E-state index < -0.39 is 347 Å². The molecule has 3 saturated heterocycles. The van der Waals surface area contributed by atoms with Gasteiger partial charge in [-0.1, -0.05) is 116 Å². The van der Waals surface area contributed by atoms with Crippen LogP contribution < -0.4 is 61.5 Å². The minimum atomic E-state index is -2.78. The van der Waals surface area contributed by atoms with Gasteiger partial charge in [-0.15, -0.1) is 0 Å². The van der Waals surface area contributed by atoms with Crippen LogP contribution in [0.15, 0.2) is 108 Å². The summed E-state index contributed by atoms with van der Waals surface area (Å²) >= 11 is 36.4. The summed E-state index contributed by atoms with van der Waals surface area (Å²) in [4.78, 5) is 140. The molecule has 25 N–H and O–H groups in total. The summed E-state index contributed by atoms with van der Waals surface area (Å²) in [6.45, 7) is -0.138. The van der Waals surface area contributed by atoms with Crippen LogP contribution in [0.2, 0.25) is 25.1 Å². The van der Waals surface area contributed by atoms with Crippen molar-refractivity contribution in [1.29, 1.82) is 0 Å². The van der Waals surface area contributed by atoms with E-state index in [2.05, 4.69) is 42.5 Å². The zero-order valence-corrected chi connectivity index (χ0v) is 74.4. The second-order valence-electron chi connectivity index (χ2n) is 33.0. The van der Waals surface area contributed by atoms with Crippen molar-refractivity contribution in [3.05, 3.63) is 167 Å². The van der Waals surface area contributed by atoms with E-state index in [1.165, 1.54) is 19.2 Å². The van der Waals surface area contributed by atoms with E-state index in [-0.39, 0.29) is 24.0 Å². The van der Waals surface area contributed by atoms with Crippen molar-refractivity contribution in [2.45, 2.75) is 217 Å². The number of halogens is 5. The van der Waals surface area contributed by atoms with Gasteiger partial charge in [-0.2, -0.15) is 0 Å². The topological polar surface area (TPSA) is 677 Å². The van der Waals surface area contributed by atoms with Gasteiger partial charge in [-0.05, 0) is 114 Å². The number of hydrogen-bond donors (Lipinski definition) is 25. The maximum atomic E-state index is 17.1. The van der Waals surface area contributed by atoms with E-state index in [0.29, 0.717) is 25.0 Å². The number of hydrogen-bond acceptors (Lipinski definition) is 34. The second-order valence-corrected chi connectivity index (χ2v) is 35.0. The molecule has 0 radical (unpaired) electrons. The van der Waals surface area contributed by atoms with Crippen LogP contribution in [0.4, 0.5) is 0 Å². The van der Waals surface area contributed by atoms with E-state index in [1.54, 1.807) is 0 Å². The lowest BCUT2D eigenvalue weighted by molar-refractivity contribution is -0.313. The third-order valence-electron chi connectivity index (χ3n) is 23.9.